The average Bonchev–Trinajstić information content (AvgIpc) is 2.56. The number of hydrogen-bond acceptors (Lipinski definition) is 4. The van der Waals surface area contributed by atoms with Crippen LogP contribution in [0.15, 0.2) is 23.1 Å². The van der Waals surface area contributed by atoms with Crippen molar-refractivity contribution in [1.82, 2.24) is 0 Å². The Bertz CT molecular complexity index is 462. The van der Waals surface area contributed by atoms with Crippen molar-refractivity contribution in [2.24, 2.45) is 0 Å². The van der Waals surface area contributed by atoms with Gasteiger partial charge in [0.05, 0.1) is 16.7 Å². The van der Waals surface area contributed by atoms with Gasteiger partial charge in [0.1, 0.15) is 5.75 Å². The van der Waals surface area contributed by atoms with Gasteiger partial charge < -0.3 is 9.84 Å². The molecular formula is C10H10O2S2. The summed E-state index contributed by atoms with van der Waals surface area (Å²) in [5.74, 6) is 0.861. The zero-order chi connectivity index (χ0) is 10.1. The standard InChI is InChI=1S/C10H10O2S2/c1-12-9-7(13-2)4-3-6-5-8(11)14-10(6)9/h3-5,11H,1-2H3. The summed E-state index contributed by atoms with van der Waals surface area (Å²) in [7, 11) is 1.66. The Morgan fingerprint density at radius 3 is 2.86 bits per heavy atom. The first-order chi connectivity index (χ1) is 6.76. The highest BCUT2D eigenvalue weighted by Crippen LogP contribution is 2.41. The highest BCUT2D eigenvalue weighted by atomic mass is 32.2. The lowest BCUT2D eigenvalue weighted by molar-refractivity contribution is 0.411. The molecule has 0 atom stereocenters. The van der Waals surface area contributed by atoms with Gasteiger partial charge in [-0.25, -0.2) is 0 Å². The van der Waals surface area contributed by atoms with Crippen LogP contribution in [0, 0.1) is 0 Å². The molecule has 0 saturated heterocycles. The second-order valence-corrected chi connectivity index (χ2v) is 4.68. The highest BCUT2D eigenvalue weighted by molar-refractivity contribution is 7.98. The van der Waals surface area contributed by atoms with Crippen molar-refractivity contribution >= 4 is 33.2 Å². The van der Waals surface area contributed by atoms with Crippen LogP contribution >= 0.6 is 23.1 Å². The number of thiophene rings is 1. The van der Waals surface area contributed by atoms with E-state index >= 15 is 0 Å². The first kappa shape index (κ1) is 9.68. The Hall–Kier alpha value is -0.870. The monoisotopic (exact) mass is 226 g/mol. The van der Waals surface area contributed by atoms with Gasteiger partial charge in [-0.1, -0.05) is 17.4 Å². The van der Waals surface area contributed by atoms with Gasteiger partial charge in [-0.05, 0) is 18.4 Å². The molecule has 0 aliphatic carbocycles. The lowest BCUT2D eigenvalue weighted by Gasteiger charge is -2.06. The largest absolute Gasteiger partial charge is 0.499 e. The maximum absolute atomic E-state index is 9.40. The van der Waals surface area contributed by atoms with Crippen LogP contribution < -0.4 is 4.74 Å². The maximum atomic E-state index is 9.40. The van der Waals surface area contributed by atoms with E-state index < -0.39 is 0 Å². The van der Waals surface area contributed by atoms with E-state index in [1.165, 1.54) is 11.3 Å². The lowest BCUT2D eigenvalue weighted by atomic mass is 10.2. The summed E-state index contributed by atoms with van der Waals surface area (Å²) < 4.78 is 6.35. The molecule has 0 aliphatic heterocycles. The minimum Gasteiger partial charge on any atom is -0.499 e. The number of aromatic hydroxyl groups is 1. The summed E-state index contributed by atoms with van der Waals surface area (Å²) in [5.41, 5.74) is 0. The molecule has 0 radical (unpaired) electrons. The molecule has 2 aromatic rings. The summed E-state index contributed by atoms with van der Waals surface area (Å²) >= 11 is 2.99. The normalized spacial score (nSPS) is 10.7. The molecule has 2 rings (SSSR count). The number of fused-ring (bicyclic) bond motifs is 1. The SMILES string of the molecule is COc1c(SC)ccc2cc(O)sc12. The third kappa shape index (κ3) is 1.44. The van der Waals surface area contributed by atoms with E-state index in [-0.39, 0.29) is 0 Å². The quantitative estimate of drug-likeness (QED) is 0.796. The van der Waals surface area contributed by atoms with Gasteiger partial charge >= 0.3 is 0 Å². The summed E-state index contributed by atoms with van der Waals surface area (Å²) in [6, 6.07) is 5.77. The minimum atomic E-state index is 0.330. The minimum absolute atomic E-state index is 0.330. The summed E-state index contributed by atoms with van der Waals surface area (Å²) in [6.07, 6.45) is 2.01. The Balaban J connectivity index is 2.75. The van der Waals surface area contributed by atoms with Gasteiger partial charge in [0, 0.05) is 5.39 Å². The molecule has 4 heteroatoms. The fraction of sp³-hybridized carbons (Fsp3) is 0.200. The van der Waals surface area contributed by atoms with Crippen LogP contribution in [-0.4, -0.2) is 18.5 Å². The number of methoxy groups -OCH3 is 1. The van der Waals surface area contributed by atoms with Crippen LogP contribution in [0.3, 0.4) is 0 Å². The fourth-order valence-electron chi connectivity index (χ4n) is 1.40. The Labute approximate surface area is 90.5 Å². The van der Waals surface area contributed by atoms with Crippen LogP contribution in [-0.2, 0) is 0 Å². The number of rotatable bonds is 2. The Morgan fingerprint density at radius 2 is 2.21 bits per heavy atom. The van der Waals surface area contributed by atoms with E-state index in [0.717, 1.165) is 20.7 Å². The van der Waals surface area contributed by atoms with Gasteiger partial charge in [-0.3, -0.25) is 0 Å². The maximum Gasteiger partial charge on any atom is 0.172 e. The van der Waals surface area contributed by atoms with E-state index in [1.54, 1.807) is 24.9 Å². The molecule has 0 saturated carbocycles. The number of ether oxygens (including phenoxy) is 1. The molecule has 1 heterocycles. The second-order valence-electron chi connectivity index (χ2n) is 2.80. The van der Waals surface area contributed by atoms with Gasteiger partial charge in [0.2, 0.25) is 0 Å². The zero-order valence-corrected chi connectivity index (χ0v) is 9.54. The van der Waals surface area contributed by atoms with Crippen molar-refractivity contribution < 1.29 is 9.84 Å². The van der Waals surface area contributed by atoms with Crippen LogP contribution in [0.2, 0.25) is 0 Å². The molecule has 0 spiro atoms. The fourth-order valence-corrected chi connectivity index (χ4v) is 2.97. The Kier molecular flexibility index (Phi) is 2.56. The molecule has 2 nitrogen and oxygen atoms in total. The molecule has 0 amide bonds. The van der Waals surface area contributed by atoms with E-state index in [2.05, 4.69) is 0 Å². The second kappa shape index (κ2) is 3.71. The van der Waals surface area contributed by atoms with Crippen LogP contribution in [0.25, 0.3) is 10.1 Å². The van der Waals surface area contributed by atoms with Crippen molar-refractivity contribution in [2.45, 2.75) is 4.90 Å². The third-order valence-electron chi connectivity index (χ3n) is 2.02. The summed E-state index contributed by atoms with van der Waals surface area (Å²) in [4.78, 5) is 1.10. The summed E-state index contributed by atoms with van der Waals surface area (Å²) in [5, 5.41) is 10.8. The first-order valence-corrected chi connectivity index (χ1v) is 6.14. The van der Waals surface area contributed by atoms with Gasteiger partial charge in [0.25, 0.3) is 0 Å². The van der Waals surface area contributed by atoms with Crippen LogP contribution in [0.5, 0.6) is 10.8 Å². The van der Waals surface area contributed by atoms with Crippen molar-refractivity contribution in [2.75, 3.05) is 13.4 Å². The molecule has 1 aromatic carbocycles. The number of hydrogen-bond donors (Lipinski definition) is 1. The average molecular weight is 226 g/mol. The van der Waals surface area contributed by atoms with E-state index in [9.17, 15) is 5.11 Å². The molecule has 74 valence electrons. The van der Waals surface area contributed by atoms with Crippen molar-refractivity contribution in [3.05, 3.63) is 18.2 Å². The zero-order valence-electron chi connectivity index (χ0n) is 7.90. The molecule has 0 bridgehead atoms. The highest BCUT2D eigenvalue weighted by Gasteiger charge is 2.10. The molecule has 0 aliphatic rings. The molecule has 0 fully saturated rings. The molecular weight excluding hydrogens is 216 g/mol. The molecule has 14 heavy (non-hydrogen) atoms. The Morgan fingerprint density at radius 1 is 1.43 bits per heavy atom. The topological polar surface area (TPSA) is 29.5 Å². The molecule has 0 unspecified atom stereocenters. The van der Waals surface area contributed by atoms with Gasteiger partial charge in [-0.15, -0.1) is 11.8 Å². The van der Waals surface area contributed by atoms with E-state index in [0.29, 0.717) is 5.06 Å². The van der Waals surface area contributed by atoms with Crippen LogP contribution in [0.1, 0.15) is 0 Å². The molecule has 1 aromatic heterocycles. The predicted octanol–water partition coefficient (Wildman–Crippen LogP) is 3.34. The lowest BCUT2D eigenvalue weighted by Crippen LogP contribution is -1.85. The van der Waals surface area contributed by atoms with Crippen molar-refractivity contribution in [3.63, 3.8) is 0 Å². The third-order valence-corrected chi connectivity index (χ3v) is 3.73. The van der Waals surface area contributed by atoms with Crippen LogP contribution in [0.4, 0.5) is 0 Å². The van der Waals surface area contributed by atoms with E-state index in [1.807, 2.05) is 18.4 Å². The van der Waals surface area contributed by atoms with E-state index in [4.69, 9.17) is 4.74 Å². The van der Waals surface area contributed by atoms with Crippen molar-refractivity contribution in [3.8, 4) is 10.8 Å². The number of thioether (sulfide) groups is 1. The predicted molar refractivity (Wildman–Crippen MR) is 61.8 cm³/mol. The molecule has 1 N–H and O–H groups in total. The summed E-state index contributed by atoms with van der Waals surface area (Å²) in [6.45, 7) is 0. The smallest absolute Gasteiger partial charge is 0.172 e. The van der Waals surface area contributed by atoms with Gasteiger partial charge in [-0.2, -0.15) is 0 Å². The first-order valence-electron chi connectivity index (χ1n) is 4.09. The van der Waals surface area contributed by atoms with Crippen molar-refractivity contribution in [1.29, 1.82) is 0 Å². The number of benzene rings is 1. The van der Waals surface area contributed by atoms with Gasteiger partial charge in [0.15, 0.2) is 5.06 Å².